The minimum atomic E-state index is -3.70. The fraction of sp³-hybridized carbons (Fsp3) is 0.538. The molecular weight excluding hydrogens is 280 g/mol. The van der Waals surface area contributed by atoms with E-state index in [-0.39, 0.29) is 28.3 Å². The van der Waals surface area contributed by atoms with Gasteiger partial charge in [0.25, 0.3) is 0 Å². The molecule has 1 aromatic rings. The summed E-state index contributed by atoms with van der Waals surface area (Å²) in [7, 11) is -3.70. The smallest absolute Gasteiger partial charge is 0.240 e. The number of rotatable bonds is 7. The van der Waals surface area contributed by atoms with Crippen molar-refractivity contribution in [2.24, 2.45) is 5.92 Å². The Kier molecular flexibility index (Phi) is 5.79. The topological polar surface area (TPSA) is 102 Å². The van der Waals surface area contributed by atoms with Crippen LogP contribution in [0.1, 0.15) is 20.8 Å². The van der Waals surface area contributed by atoms with Gasteiger partial charge in [-0.2, -0.15) is 0 Å². The number of phenolic OH excluding ortho intramolecular Hbond substituents is 1. The zero-order valence-corrected chi connectivity index (χ0v) is 12.8. The summed E-state index contributed by atoms with van der Waals surface area (Å²) in [6.07, 6.45) is 0. The first-order chi connectivity index (χ1) is 9.27. The summed E-state index contributed by atoms with van der Waals surface area (Å²) in [6.45, 7) is 6.51. The number of phenols is 1. The first-order valence-corrected chi connectivity index (χ1v) is 7.94. The first-order valence-electron chi connectivity index (χ1n) is 6.46. The molecule has 0 saturated heterocycles. The molecule has 0 aromatic heterocycles. The van der Waals surface area contributed by atoms with Crippen molar-refractivity contribution >= 4 is 15.7 Å². The zero-order valence-electron chi connectivity index (χ0n) is 12.0. The molecule has 20 heavy (non-hydrogen) atoms. The van der Waals surface area contributed by atoms with Crippen LogP contribution >= 0.6 is 0 Å². The van der Waals surface area contributed by atoms with Crippen molar-refractivity contribution in [3.8, 4) is 5.75 Å². The van der Waals surface area contributed by atoms with Gasteiger partial charge in [-0.15, -0.1) is 0 Å². The quantitative estimate of drug-likeness (QED) is 0.521. The Labute approximate surface area is 120 Å². The summed E-state index contributed by atoms with van der Waals surface area (Å²) in [4.78, 5) is 0.0231. The number of aromatic hydroxyl groups is 1. The maximum atomic E-state index is 12.3. The van der Waals surface area contributed by atoms with Gasteiger partial charge in [0.15, 0.2) is 0 Å². The molecule has 1 atom stereocenters. The van der Waals surface area contributed by atoms with Crippen LogP contribution in [0.5, 0.6) is 5.75 Å². The van der Waals surface area contributed by atoms with Crippen molar-refractivity contribution in [2.75, 3.05) is 18.9 Å². The highest BCUT2D eigenvalue weighted by molar-refractivity contribution is 7.89. The van der Waals surface area contributed by atoms with Gasteiger partial charge in [0.1, 0.15) is 5.75 Å². The summed E-state index contributed by atoms with van der Waals surface area (Å²) >= 11 is 0. The average Bonchev–Trinajstić information content (AvgIpc) is 2.37. The molecule has 0 spiro atoms. The lowest BCUT2D eigenvalue weighted by atomic mass is 10.1. The van der Waals surface area contributed by atoms with Crippen LogP contribution in [-0.4, -0.2) is 32.8 Å². The summed E-state index contributed by atoms with van der Waals surface area (Å²) in [5.74, 6) is -0.0514. The molecule has 0 radical (unpaired) electrons. The molecule has 6 nitrogen and oxygen atoms in total. The maximum Gasteiger partial charge on any atom is 0.240 e. The van der Waals surface area contributed by atoms with Crippen molar-refractivity contribution in [3.05, 3.63) is 18.2 Å². The number of nitrogens with one attached hydrogen (secondary N) is 1. The van der Waals surface area contributed by atoms with Crippen molar-refractivity contribution in [2.45, 2.75) is 31.7 Å². The Bertz CT molecular complexity index is 543. The number of sulfonamides is 1. The predicted octanol–water partition coefficient (Wildman–Crippen LogP) is 1.31. The van der Waals surface area contributed by atoms with Crippen LogP contribution in [0.3, 0.4) is 0 Å². The molecule has 1 rings (SSSR count). The third-order valence-corrected chi connectivity index (χ3v) is 4.41. The number of nitrogens with two attached hydrogens (primary N) is 1. The predicted molar refractivity (Wildman–Crippen MR) is 78.0 cm³/mol. The van der Waals surface area contributed by atoms with E-state index in [1.165, 1.54) is 18.2 Å². The van der Waals surface area contributed by atoms with Gasteiger partial charge in [-0.05, 0) is 31.0 Å². The third kappa shape index (κ3) is 4.36. The Hall–Kier alpha value is -1.31. The van der Waals surface area contributed by atoms with Gasteiger partial charge in [0, 0.05) is 12.6 Å². The SMILES string of the molecule is CCOCC(NS(=O)(=O)c1ccc(O)c(N)c1)C(C)C. The van der Waals surface area contributed by atoms with Crippen LogP contribution in [0, 0.1) is 5.92 Å². The molecule has 0 amide bonds. The molecular formula is C13H22N2O4S. The standard InChI is InChI=1S/C13H22N2O4S/c1-4-19-8-12(9(2)3)15-20(17,18)10-5-6-13(16)11(14)7-10/h5-7,9,12,15-16H,4,8,14H2,1-3H3. The molecule has 1 aromatic carbocycles. The normalized spacial score (nSPS) is 13.6. The number of nitrogen functional groups attached to an aromatic ring is 1. The Balaban J connectivity index is 2.94. The van der Waals surface area contributed by atoms with E-state index in [4.69, 9.17) is 10.5 Å². The lowest BCUT2D eigenvalue weighted by Crippen LogP contribution is -2.41. The molecule has 0 aliphatic heterocycles. The highest BCUT2D eigenvalue weighted by atomic mass is 32.2. The molecule has 4 N–H and O–H groups in total. The summed E-state index contributed by atoms with van der Waals surface area (Å²) < 4.78 is 32.4. The largest absolute Gasteiger partial charge is 0.506 e. The molecule has 7 heteroatoms. The van der Waals surface area contributed by atoms with Crippen LogP contribution in [0.2, 0.25) is 0 Å². The minimum absolute atomic E-state index is 0.0231. The van der Waals surface area contributed by atoms with Crippen LogP contribution in [0.15, 0.2) is 23.1 Å². The second-order valence-electron chi connectivity index (χ2n) is 4.85. The zero-order chi connectivity index (χ0) is 15.3. The fourth-order valence-electron chi connectivity index (χ4n) is 1.57. The number of ether oxygens (including phenoxy) is 1. The van der Waals surface area contributed by atoms with E-state index >= 15 is 0 Å². The summed E-state index contributed by atoms with van der Waals surface area (Å²) in [6, 6.07) is 3.48. The minimum Gasteiger partial charge on any atom is -0.506 e. The van der Waals surface area contributed by atoms with Crippen molar-refractivity contribution in [3.63, 3.8) is 0 Å². The molecule has 114 valence electrons. The monoisotopic (exact) mass is 302 g/mol. The molecule has 0 bridgehead atoms. The lowest BCUT2D eigenvalue weighted by Gasteiger charge is -2.22. The first kappa shape index (κ1) is 16.7. The second kappa shape index (κ2) is 6.92. The van der Waals surface area contributed by atoms with Gasteiger partial charge in [-0.3, -0.25) is 0 Å². The Morgan fingerprint density at radius 1 is 1.40 bits per heavy atom. The highest BCUT2D eigenvalue weighted by Gasteiger charge is 2.23. The fourth-order valence-corrected chi connectivity index (χ4v) is 2.98. The van der Waals surface area contributed by atoms with E-state index < -0.39 is 10.0 Å². The van der Waals surface area contributed by atoms with E-state index in [9.17, 15) is 13.5 Å². The van der Waals surface area contributed by atoms with E-state index in [1.807, 2.05) is 20.8 Å². The number of anilines is 1. The molecule has 1 unspecified atom stereocenters. The van der Waals surface area contributed by atoms with Crippen LogP contribution in [-0.2, 0) is 14.8 Å². The third-order valence-electron chi connectivity index (χ3n) is 2.92. The number of benzene rings is 1. The Morgan fingerprint density at radius 3 is 2.55 bits per heavy atom. The average molecular weight is 302 g/mol. The molecule has 0 saturated carbocycles. The maximum absolute atomic E-state index is 12.3. The number of hydrogen-bond acceptors (Lipinski definition) is 5. The van der Waals surface area contributed by atoms with Crippen molar-refractivity contribution < 1.29 is 18.3 Å². The lowest BCUT2D eigenvalue weighted by molar-refractivity contribution is 0.116. The van der Waals surface area contributed by atoms with Crippen LogP contribution in [0.25, 0.3) is 0 Å². The van der Waals surface area contributed by atoms with Gasteiger partial charge in [-0.1, -0.05) is 13.8 Å². The molecule has 0 aliphatic carbocycles. The van der Waals surface area contributed by atoms with E-state index in [2.05, 4.69) is 4.72 Å². The highest BCUT2D eigenvalue weighted by Crippen LogP contribution is 2.23. The van der Waals surface area contributed by atoms with Gasteiger partial charge in [0.05, 0.1) is 17.2 Å². The summed E-state index contributed by atoms with van der Waals surface area (Å²) in [5, 5.41) is 9.34. The molecule has 0 fully saturated rings. The van der Waals surface area contributed by atoms with Crippen molar-refractivity contribution in [1.82, 2.24) is 4.72 Å². The number of hydrogen-bond donors (Lipinski definition) is 3. The van der Waals surface area contributed by atoms with E-state index in [0.717, 1.165) is 0 Å². The molecule has 0 aliphatic rings. The van der Waals surface area contributed by atoms with Crippen LogP contribution in [0.4, 0.5) is 5.69 Å². The van der Waals surface area contributed by atoms with Crippen molar-refractivity contribution in [1.29, 1.82) is 0 Å². The van der Waals surface area contributed by atoms with Gasteiger partial charge < -0.3 is 15.6 Å². The van der Waals surface area contributed by atoms with Gasteiger partial charge in [0.2, 0.25) is 10.0 Å². The Morgan fingerprint density at radius 2 is 2.05 bits per heavy atom. The molecule has 0 heterocycles. The van der Waals surface area contributed by atoms with E-state index in [1.54, 1.807) is 0 Å². The second-order valence-corrected chi connectivity index (χ2v) is 6.57. The van der Waals surface area contributed by atoms with Gasteiger partial charge in [-0.25, -0.2) is 13.1 Å². The van der Waals surface area contributed by atoms with Crippen LogP contribution < -0.4 is 10.5 Å². The van der Waals surface area contributed by atoms with E-state index in [0.29, 0.717) is 13.2 Å². The summed E-state index contributed by atoms with van der Waals surface area (Å²) in [5.41, 5.74) is 5.55. The van der Waals surface area contributed by atoms with Gasteiger partial charge >= 0.3 is 0 Å².